The molecule has 2 rings (SSSR count). The van der Waals surface area contributed by atoms with Crippen LogP contribution in [0.3, 0.4) is 0 Å². The number of aromatic nitrogens is 1. The highest BCUT2D eigenvalue weighted by Crippen LogP contribution is 2.26. The van der Waals surface area contributed by atoms with E-state index in [1.54, 1.807) is 16.8 Å². The largest absolute Gasteiger partial charge is 0.477 e. The first-order valence-corrected chi connectivity index (χ1v) is 9.01. The molecule has 4 N–H and O–H groups in total. The van der Waals surface area contributed by atoms with Crippen molar-refractivity contribution in [3.8, 4) is 0 Å². The Balaban J connectivity index is 1.84. The molecule has 0 fully saturated rings. The minimum Gasteiger partial charge on any atom is -0.477 e. The van der Waals surface area contributed by atoms with Gasteiger partial charge < -0.3 is 10.8 Å². The second-order valence-electron chi connectivity index (χ2n) is 4.78. The van der Waals surface area contributed by atoms with Crippen molar-refractivity contribution >= 4 is 33.8 Å². The zero-order chi connectivity index (χ0) is 18.4. The molecule has 0 aliphatic heterocycles. The molecule has 0 aliphatic rings. The Morgan fingerprint density at radius 3 is 2.76 bits per heavy atom. The van der Waals surface area contributed by atoms with Crippen LogP contribution in [0.4, 0.5) is 5.69 Å². The van der Waals surface area contributed by atoms with Crippen LogP contribution < -0.4 is 10.3 Å². The molecule has 1 aromatic heterocycles. The SMILES string of the molecule is Nc1ccc(SOOCC[n+]2cccc(C(=O)O)c2)cc1S(=O)(=O)O. The molecule has 0 aliphatic carbocycles. The first-order valence-electron chi connectivity index (χ1n) is 6.83. The maximum atomic E-state index is 11.2. The van der Waals surface area contributed by atoms with E-state index >= 15 is 0 Å². The fraction of sp³-hybridized carbons (Fsp3) is 0.143. The van der Waals surface area contributed by atoms with Crippen LogP contribution in [0.15, 0.2) is 52.5 Å². The predicted molar refractivity (Wildman–Crippen MR) is 87.2 cm³/mol. The molecule has 0 saturated heterocycles. The number of hydrogen-bond acceptors (Lipinski definition) is 7. The van der Waals surface area contributed by atoms with Crippen molar-refractivity contribution in [3.63, 3.8) is 0 Å². The average molecular weight is 387 g/mol. The van der Waals surface area contributed by atoms with Gasteiger partial charge in [0, 0.05) is 11.0 Å². The van der Waals surface area contributed by atoms with Crippen LogP contribution in [0.25, 0.3) is 0 Å². The first kappa shape index (κ1) is 19.1. The zero-order valence-corrected chi connectivity index (χ0v) is 14.4. The number of carbonyl (C=O) groups is 1. The normalized spacial score (nSPS) is 11.4. The third kappa shape index (κ3) is 5.69. The number of nitrogens with two attached hydrogens (primary N) is 1. The van der Waals surface area contributed by atoms with Crippen LogP contribution in [0.2, 0.25) is 0 Å². The van der Waals surface area contributed by atoms with E-state index < -0.39 is 21.0 Å². The molecule has 2 aromatic rings. The molecule has 9 nitrogen and oxygen atoms in total. The zero-order valence-electron chi connectivity index (χ0n) is 12.7. The first-order chi connectivity index (χ1) is 11.8. The number of benzene rings is 1. The number of hydrogen-bond donors (Lipinski definition) is 3. The summed E-state index contributed by atoms with van der Waals surface area (Å²) >= 11 is 0.746. The second-order valence-corrected chi connectivity index (χ2v) is 6.95. The van der Waals surface area contributed by atoms with Crippen molar-refractivity contribution in [2.75, 3.05) is 12.3 Å². The Morgan fingerprint density at radius 2 is 2.08 bits per heavy atom. The lowest BCUT2D eigenvalue weighted by Crippen LogP contribution is -2.36. The van der Waals surface area contributed by atoms with Gasteiger partial charge in [0.15, 0.2) is 18.9 Å². The molecular weight excluding hydrogens is 372 g/mol. The molecular formula is C14H15N2O7S2+. The van der Waals surface area contributed by atoms with Crippen LogP contribution >= 0.6 is 12.0 Å². The quantitative estimate of drug-likeness (QED) is 0.116. The highest BCUT2D eigenvalue weighted by Gasteiger charge is 2.15. The van der Waals surface area contributed by atoms with Gasteiger partial charge in [-0.15, -0.1) is 0 Å². The average Bonchev–Trinajstić information content (AvgIpc) is 2.55. The van der Waals surface area contributed by atoms with E-state index in [0.29, 0.717) is 11.4 Å². The molecule has 0 spiro atoms. The van der Waals surface area contributed by atoms with Gasteiger partial charge in [-0.3, -0.25) is 4.55 Å². The Hall–Kier alpha value is -2.18. The van der Waals surface area contributed by atoms with Gasteiger partial charge in [0.25, 0.3) is 10.1 Å². The van der Waals surface area contributed by atoms with Crippen molar-refractivity contribution in [2.45, 2.75) is 16.3 Å². The van der Waals surface area contributed by atoms with Gasteiger partial charge in [0.05, 0.1) is 17.7 Å². The number of aromatic carboxylic acids is 1. The molecule has 134 valence electrons. The minimum absolute atomic E-state index is 0.0810. The number of nitrogens with zero attached hydrogens (tertiary/aromatic N) is 1. The standard InChI is InChI=1S/C14H14N2O7S2/c15-12-4-3-11(8-13(12)25(19,20)21)24-23-22-7-6-16-5-1-2-10(9-16)14(17)18/h1-5,8-9H,6-7,15H2,(H-,17,18,19,20,21)/p+1. The summed E-state index contributed by atoms with van der Waals surface area (Å²) in [6, 6.07) is 7.05. The van der Waals surface area contributed by atoms with E-state index in [9.17, 15) is 13.2 Å². The van der Waals surface area contributed by atoms with Crippen molar-refractivity contribution in [1.29, 1.82) is 0 Å². The molecule has 0 radical (unpaired) electrons. The van der Waals surface area contributed by atoms with E-state index in [1.165, 1.54) is 24.4 Å². The lowest BCUT2D eigenvalue weighted by molar-refractivity contribution is -0.700. The van der Waals surface area contributed by atoms with Gasteiger partial charge in [-0.1, -0.05) is 0 Å². The van der Waals surface area contributed by atoms with E-state index in [1.807, 2.05) is 0 Å². The molecule has 1 aromatic carbocycles. The fourth-order valence-corrected chi connectivity index (χ4v) is 3.02. The van der Waals surface area contributed by atoms with Crippen LogP contribution in [0, 0.1) is 0 Å². The number of anilines is 1. The predicted octanol–water partition coefficient (Wildman–Crippen LogP) is 1.16. The Morgan fingerprint density at radius 1 is 1.32 bits per heavy atom. The molecule has 0 atom stereocenters. The smallest absolute Gasteiger partial charge is 0.341 e. The third-order valence-corrected chi connectivity index (χ3v) is 4.50. The van der Waals surface area contributed by atoms with Crippen LogP contribution in [-0.2, 0) is 25.9 Å². The number of pyridine rings is 1. The van der Waals surface area contributed by atoms with Crippen molar-refractivity contribution < 1.29 is 36.7 Å². The van der Waals surface area contributed by atoms with Gasteiger partial charge >= 0.3 is 5.97 Å². The molecule has 1 heterocycles. The number of carboxylic acid groups (broad SMARTS) is 1. The maximum Gasteiger partial charge on any atom is 0.341 e. The Bertz CT molecular complexity index is 871. The highest BCUT2D eigenvalue weighted by molar-refractivity contribution is 7.94. The van der Waals surface area contributed by atoms with Crippen LogP contribution in [0.5, 0.6) is 0 Å². The van der Waals surface area contributed by atoms with Gasteiger partial charge in [-0.05, 0) is 24.3 Å². The second kappa shape index (κ2) is 8.27. The topological polar surface area (TPSA) is 140 Å². The Kier molecular flexibility index (Phi) is 6.33. The molecule has 0 unspecified atom stereocenters. The van der Waals surface area contributed by atoms with Crippen molar-refractivity contribution in [2.24, 2.45) is 0 Å². The van der Waals surface area contributed by atoms with Gasteiger partial charge in [0.2, 0.25) is 0 Å². The Labute approximate surface area is 147 Å². The van der Waals surface area contributed by atoms with Crippen molar-refractivity contribution in [1.82, 2.24) is 0 Å². The fourth-order valence-electron chi connectivity index (χ4n) is 1.82. The summed E-state index contributed by atoms with van der Waals surface area (Å²) in [5.41, 5.74) is 5.55. The van der Waals surface area contributed by atoms with Gasteiger partial charge in [-0.2, -0.15) is 12.8 Å². The van der Waals surface area contributed by atoms with E-state index in [4.69, 9.17) is 24.6 Å². The van der Waals surface area contributed by atoms with Crippen molar-refractivity contribution in [3.05, 3.63) is 48.3 Å². The molecule has 0 saturated carbocycles. The van der Waals surface area contributed by atoms with E-state index in [2.05, 4.69) is 0 Å². The summed E-state index contributed by atoms with van der Waals surface area (Å²) in [5, 5.41) is 8.90. The lowest BCUT2D eigenvalue weighted by atomic mass is 10.3. The summed E-state index contributed by atoms with van der Waals surface area (Å²) in [4.78, 5) is 15.8. The van der Waals surface area contributed by atoms with Crippen LogP contribution in [-0.4, -0.2) is 30.7 Å². The highest BCUT2D eigenvalue weighted by atomic mass is 32.2. The van der Waals surface area contributed by atoms with E-state index in [-0.39, 0.29) is 17.9 Å². The summed E-state index contributed by atoms with van der Waals surface area (Å²) in [6.45, 7) is 0.473. The monoisotopic (exact) mass is 387 g/mol. The molecule has 11 heteroatoms. The number of carboxylic acids is 1. The minimum atomic E-state index is -4.42. The number of nitrogen functional groups attached to an aromatic ring is 1. The summed E-state index contributed by atoms with van der Waals surface area (Å²) in [5.74, 6) is -1.03. The third-order valence-electron chi connectivity index (χ3n) is 2.98. The van der Waals surface area contributed by atoms with Gasteiger partial charge in [-0.25, -0.2) is 14.2 Å². The summed E-state index contributed by atoms with van der Waals surface area (Å²) in [6.07, 6.45) is 3.14. The summed E-state index contributed by atoms with van der Waals surface area (Å²) in [7, 11) is -4.42. The lowest BCUT2D eigenvalue weighted by Gasteiger charge is -2.05. The maximum absolute atomic E-state index is 11.2. The van der Waals surface area contributed by atoms with Gasteiger partial charge in [0.1, 0.15) is 17.1 Å². The summed E-state index contributed by atoms with van der Waals surface area (Å²) < 4.78 is 37.9. The van der Waals surface area contributed by atoms with E-state index in [0.717, 1.165) is 18.1 Å². The molecule has 25 heavy (non-hydrogen) atoms. The molecule has 0 amide bonds. The molecule has 0 bridgehead atoms. The van der Waals surface area contributed by atoms with Crippen LogP contribution in [0.1, 0.15) is 10.4 Å². The number of rotatable bonds is 8.